The van der Waals surface area contributed by atoms with Gasteiger partial charge in [-0.15, -0.1) is 0 Å². The fourth-order valence-corrected chi connectivity index (χ4v) is 4.32. The molecule has 2 heterocycles. The third-order valence-corrected chi connectivity index (χ3v) is 6.05. The Bertz CT molecular complexity index is 1240. The van der Waals surface area contributed by atoms with Gasteiger partial charge in [-0.25, -0.2) is 9.37 Å². The number of rotatable bonds is 5. The van der Waals surface area contributed by atoms with Crippen molar-refractivity contribution in [3.63, 3.8) is 0 Å². The van der Waals surface area contributed by atoms with E-state index in [1.807, 2.05) is 6.33 Å². The van der Waals surface area contributed by atoms with Crippen molar-refractivity contribution in [3.8, 4) is 22.7 Å². The van der Waals surface area contributed by atoms with Gasteiger partial charge in [-0.3, -0.25) is 4.79 Å². The Hall–Kier alpha value is -3.38. The summed E-state index contributed by atoms with van der Waals surface area (Å²) in [5.41, 5.74) is 2.92. The molecule has 5 rings (SSSR count). The highest BCUT2D eigenvalue weighted by Gasteiger charge is 2.26. The minimum Gasteiger partial charge on any atom is -0.449 e. The molecule has 1 aliphatic carbocycles. The third kappa shape index (κ3) is 4.06. The zero-order valence-corrected chi connectivity index (χ0v) is 18.0. The average molecular weight is 450 g/mol. The second-order valence-corrected chi connectivity index (χ2v) is 8.36. The molecule has 0 bridgehead atoms. The van der Waals surface area contributed by atoms with Gasteiger partial charge in [0.1, 0.15) is 11.5 Å². The molecule has 0 saturated heterocycles. The van der Waals surface area contributed by atoms with Crippen molar-refractivity contribution in [2.45, 2.75) is 31.7 Å². The molecule has 1 aliphatic rings. The number of hydrogen-bond donors (Lipinski definition) is 1. The van der Waals surface area contributed by atoms with Gasteiger partial charge >= 0.3 is 0 Å². The van der Waals surface area contributed by atoms with Gasteiger partial charge in [0.25, 0.3) is 5.91 Å². The summed E-state index contributed by atoms with van der Waals surface area (Å²) >= 11 is 5.91. The number of nitrogens with zero attached hydrogens (tertiary/aromatic N) is 2. The predicted octanol–water partition coefficient (Wildman–Crippen LogP) is 6.97. The number of nitrogens with one attached hydrogen (secondary N) is 1. The number of amides is 1. The number of anilines is 1. The number of furan rings is 1. The number of halogens is 2. The SMILES string of the molecule is O=C(Nc1ccc(Cl)cc1)c1ccc(-c2c(-c3ccc(F)cc3)ncn2C2CCCC2)o1. The van der Waals surface area contributed by atoms with Crippen molar-refractivity contribution in [2.24, 2.45) is 0 Å². The van der Waals surface area contributed by atoms with Crippen LogP contribution in [0.1, 0.15) is 42.3 Å². The second kappa shape index (κ2) is 8.63. The fourth-order valence-electron chi connectivity index (χ4n) is 4.20. The van der Waals surface area contributed by atoms with Crippen LogP contribution < -0.4 is 5.32 Å². The number of imidazole rings is 1. The first-order valence-corrected chi connectivity index (χ1v) is 11.0. The summed E-state index contributed by atoms with van der Waals surface area (Å²) in [7, 11) is 0. The molecule has 2 aromatic heterocycles. The Morgan fingerprint density at radius 3 is 2.47 bits per heavy atom. The topological polar surface area (TPSA) is 60.1 Å². The van der Waals surface area contributed by atoms with Crippen LogP contribution in [0, 0.1) is 5.82 Å². The van der Waals surface area contributed by atoms with Crippen LogP contribution in [-0.2, 0) is 0 Å². The highest BCUT2D eigenvalue weighted by Crippen LogP contribution is 2.39. The molecule has 7 heteroatoms. The fraction of sp³-hybridized carbons (Fsp3) is 0.200. The molecular weight excluding hydrogens is 429 g/mol. The first kappa shape index (κ1) is 20.5. The Kier molecular flexibility index (Phi) is 5.53. The van der Waals surface area contributed by atoms with Crippen LogP contribution in [0.15, 0.2) is 71.4 Å². The van der Waals surface area contributed by atoms with Crippen LogP contribution in [0.5, 0.6) is 0 Å². The Balaban J connectivity index is 1.50. The zero-order chi connectivity index (χ0) is 22.1. The average Bonchev–Trinajstić information content (AvgIpc) is 3.55. The van der Waals surface area contributed by atoms with Gasteiger partial charge < -0.3 is 14.3 Å². The number of hydrogen-bond acceptors (Lipinski definition) is 3. The summed E-state index contributed by atoms with van der Waals surface area (Å²) in [6.07, 6.45) is 6.29. The maximum atomic E-state index is 13.5. The molecule has 0 unspecified atom stereocenters. The zero-order valence-electron chi connectivity index (χ0n) is 17.2. The van der Waals surface area contributed by atoms with Crippen LogP contribution in [-0.4, -0.2) is 15.5 Å². The highest BCUT2D eigenvalue weighted by atomic mass is 35.5. The van der Waals surface area contributed by atoms with E-state index in [9.17, 15) is 9.18 Å². The normalized spacial score (nSPS) is 14.1. The largest absolute Gasteiger partial charge is 0.449 e. The molecule has 1 saturated carbocycles. The molecule has 0 atom stereocenters. The Morgan fingerprint density at radius 2 is 1.75 bits per heavy atom. The molecule has 1 amide bonds. The van der Waals surface area contributed by atoms with E-state index in [1.54, 1.807) is 48.5 Å². The number of carbonyl (C=O) groups is 1. The summed E-state index contributed by atoms with van der Waals surface area (Å²) < 4.78 is 21.6. The Labute approximate surface area is 189 Å². The molecule has 5 nitrogen and oxygen atoms in total. The van der Waals surface area contributed by atoms with E-state index < -0.39 is 0 Å². The monoisotopic (exact) mass is 449 g/mol. The first-order chi connectivity index (χ1) is 15.6. The van der Waals surface area contributed by atoms with Crippen molar-refractivity contribution in [1.82, 2.24) is 9.55 Å². The number of aromatic nitrogens is 2. The van der Waals surface area contributed by atoms with Crippen molar-refractivity contribution in [2.75, 3.05) is 5.32 Å². The van der Waals surface area contributed by atoms with E-state index in [4.69, 9.17) is 16.0 Å². The minimum atomic E-state index is -0.353. The summed E-state index contributed by atoms with van der Waals surface area (Å²) in [5, 5.41) is 3.41. The highest BCUT2D eigenvalue weighted by molar-refractivity contribution is 6.30. The summed E-state index contributed by atoms with van der Waals surface area (Å²) in [4.78, 5) is 17.3. The first-order valence-electron chi connectivity index (χ1n) is 10.6. The van der Waals surface area contributed by atoms with Crippen molar-refractivity contribution in [3.05, 3.63) is 83.6 Å². The van der Waals surface area contributed by atoms with E-state index >= 15 is 0 Å². The molecule has 0 spiro atoms. The van der Waals surface area contributed by atoms with E-state index in [-0.39, 0.29) is 17.5 Å². The lowest BCUT2D eigenvalue weighted by Gasteiger charge is -2.15. The lowest BCUT2D eigenvalue weighted by molar-refractivity contribution is 0.0997. The molecule has 4 aromatic rings. The van der Waals surface area contributed by atoms with Crippen LogP contribution >= 0.6 is 11.6 Å². The lowest BCUT2D eigenvalue weighted by Crippen LogP contribution is -2.10. The molecule has 2 aromatic carbocycles. The van der Waals surface area contributed by atoms with Gasteiger partial charge in [-0.05, 0) is 73.5 Å². The molecule has 1 fully saturated rings. The lowest BCUT2D eigenvalue weighted by atomic mass is 10.1. The van der Waals surface area contributed by atoms with Gasteiger partial charge in [-0.1, -0.05) is 24.4 Å². The quantitative estimate of drug-likeness (QED) is 0.358. The van der Waals surface area contributed by atoms with Crippen LogP contribution in [0.3, 0.4) is 0 Å². The predicted molar refractivity (Wildman–Crippen MR) is 122 cm³/mol. The van der Waals surface area contributed by atoms with Crippen LogP contribution in [0.2, 0.25) is 5.02 Å². The minimum absolute atomic E-state index is 0.194. The van der Waals surface area contributed by atoms with Gasteiger partial charge in [0.2, 0.25) is 0 Å². The van der Waals surface area contributed by atoms with E-state index in [2.05, 4.69) is 14.9 Å². The molecule has 162 valence electrons. The summed E-state index contributed by atoms with van der Waals surface area (Å²) in [5.74, 6) is 0.0904. The molecule has 0 radical (unpaired) electrons. The van der Waals surface area contributed by atoms with Crippen molar-refractivity contribution < 1.29 is 13.6 Å². The molecule has 0 aliphatic heterocycles. The third-order valence-electron chi connectivity index (χ3n) is 5.79. The van der Waals surface area contributed by atoms with Gasteiger partial charge in [0, 0.05) is 22.3 Å². The molecular formula is C25H21ClFN3O2. The van der Waals surface area contributed by atoms with Crippen LogP contribution in [0.4, 0.5) is 10.1 Å². The van der Waals surface area contributed by atoms with Gasteiger partial charge in [0.15, 0.2) is 11.5 Å². The van der Waals surface area contributed by atoms with Crippen molar-refractivity contribution >= 4 is 23.2 Å². The van der Waals surface area contributed by atoms with E-state index in [1.165, 1.54) is 25.0 Å². The van der Waals surface area contributed by atoms with E-state index in [0.29, 0.717) is 28.2 Å². The Morgan fingerprint density at radius 1 is 1.03 bits per heavy atom. The number of carbonyl (C=O) groups excluding carboxylic acids is 1. The summed E-state index contributed by atoms with van der Waals surface area (Å²) in [6.45, 7) is 0. The maximum Gasteiger partial charge on any atom is 0.291 e. The summed E-state index contributed by atoms with van der Waals surface area (Å²) in [6, 6.07) is 16.9. The van der Waals surface area contributed by atoms with Gasteiger partial charge in [-0.2, -0.15) is 0 Å². The molecule has 32 heavy (non-hydrogen) atoms. The standard InChI is InChI=1S/C25H21ClFN3O2/c26-17-7-11-19(12-8-17)29-25(31)22-14-13-21(32-22)24-23(16-5-9-18(27)10-6-16)28-15-30(24)20-3-1-2-4-20/h5-15,20H,1-4H2,(H,29,31). The van der Waals surface area contributed by atoms with Crippen molar-refractivity contribution in [1.29, 1.82) is 0 Å². The van der Waals surface area contributed by atoms with E-state index in [0.717, 1.165) is 24.1 Å². The second-order valence-electron chi connectivity index (χ2n) is 7.92. The maximum absolute atomic E-state index is 13.5. The smallest absolute Gasteiger partial charge is 0.291 e. The number of benzene rings is 2. The van der Waals surface area contributed by atoms with Crippen LogP contribution in [0.25, 0.3) is 22.7 Å². The molecule has 1 N–H and O–H groups in total. The van der Waals surface area contributed by atoms with Gasteiger partial charge in [0.05, 0.1) is 12.0 Å².